The Hall–Kier alpha value is -2.22. The van der Waals surface area contributed by atoms with Gasteiger partial charge in [-0.15, -0.1) is 0 Å². The number of ether oxygens (including phenoxy) is 3. The van der Waals surface area contributed by atoms with E-state index in [1.807, 2.05) is 26.8 Å². The van der Waals surface area contributed by atoms with Crippen LogP contribution in [0.1, 0.15) is 40.0 Å². The predicted molar refractivity (Wildman–Crippen MR) is 103 cm³/mol. The smallest absolute Gasteiger partial charge is 0.410 e. The van der Waals surface area contributed by atoms with E-state index in [2.05, 4.69) is 10.3 Å². The average molecular weight is 378 g/mol. The van der Waals surface area contributed by atoms with Crippen LogP contribution < -0.4 is 15.8 Å². The Morgan fingerprint density at radius 1 is 1.33 bits per heavy atom. The van der Waals surface area contributed by atoms with Gasteiger partial charge in [-0.25, -0.2) is 9.78 Å². The molecule has 0 spiro atoms. The molecule has 3 rings (SSSR count). The number of hydrogen-bond donors (Lipinski definition) is 2. The molecular weight excluding hydrogens is 348 g/mol. The number of nitrogen functional groups attached to an aromatic ring is 1. The average Bonchev–Trinajstić information content (AvgIpc) is 3.10. The zero-order valence-electron chi connectivity index (χ0n) is 16.4. The van der Waals surface area contributed by atoms with Crippen LogP contribution in [0.5, 0.6) is 5.75 Å². The second-order valence-electron chi connectivity index (χ2n) is 8.09. The van der Waals surface area contributed by atoms with Crippen LogP contribution in [0.15, 0.2) is 12.3 Å². The molecule has 27 heavy (non-hydrogen) atoms. The van der Waals surface area contributed by atoms with Crippen LogP contribution in [0.2, 0.25) is 0 Å². The van der Waals surface area contributed by atoms with Crippen LogP contribution in [0, 0.1) is 0 Å². The van der Waals surface area contributed by atoms with Crippen molar-refractivity contribution in [2.45, 2.75) is 57.8 Å². The summed E-state index contributed by atoms with van der Waals surface area (Å²) in [5.74, 6) is 1.13. The Labute approximate surface area is 160 Å². The SMILES string of the molecule is CC(C)(C)OC(=O)N1CCC(Nc2cc(O[C@@H]3CCOC3)cnc2N)CC1. The van der Waals surface area contributed by atoms with E-state index < -0.39 is 5.60 Å². The van der Waals surface area contributed by atoms with Crippen LogP contribution in [-0.4, -0.2) is 60.0 Å². The maximum absolute atomic E-state index is 12.2. The molecule has 2 fully saturated rings. The lowest BCUT2D eigenvalue weighted by Crippen LogP contribution is -2.44. The number of carbonyl (C=O) groups excluding carboxylic acids is 1. The first-order valence-corrected chi connectivity index (χ1v) is 9.54. The highest BCUT2D eigenvalue weighted by Crippen LogP contribution is 2.27. The van der Waals surface area contributed by atoms with Crippen LogP contribution >= 0.6 is 0 Å². The van der Waals surface area contributed by atoms with E-state index in [1.54, 1.807) is 11.1 Å². The van der Waals surface area contributed by atoms with Crippen LogP contribution in [0.3, 0.4) is 0 Å². The number of piperidine rings is 1. The number of pyridine rings is 1. The highest BCUT2D eigenvalue weighted by molar-refractivity contribution is 5.68. The molecule has 1 aromatic rings. The molecule has 0 bridgehead atoms. The summed E-state index contributed by atoms with van der Waals surface area (Å²) in [5.41, 5.74) is 6.31. The zero-order chi connectivity index (χ0) is 19.4. The van der Waals surface area contributed by atoms with Crippen molar-refractivity contribution in [1.82, 2.24) is 9.88 Å². The van der Waals surface area contributed by atoms with Gasteiger partial charge < -0.3 is 30.2 Å². The minimum Gasteiger partial charge on any atom is -0.486 e. The Morgan fingerprint density at radius 2 is 2.07 bits per heavy atom. The van der Waals surface area contributed by atoms with E-state index in [1.165, 1.54) is 0 Å². The molecule has 150 valence electrons. The molecule has 3 N–H and O–H groups in total. The van der Waals surface area contributed by atoms with E-state index in [4.69, 9.17) is 19.9 Å². The molecule has 0 aromatic carbocycles. The Bertz CT molecular complexity index is 648. The molecule has 3 heterocycles. The van der Waals surface area contributed by atoms with Crippen LogP contribution in [0.25, 0.3) is 0 Å². The highest BCUT2D eigenvalue weighted by atomic mass is 16.6. The number of carbonyl (C=O) groups is 1. The van der Waals surface area contributed by atoms with Gasteiger partial charge in [-0.3, -0.25) is 0 Å². The molecule has 0 saturated carbocycles. The minimum atomic E-state index is -0.475. The number of nitrogens with one attached hydrogen (secondary N) is 1. The summed E-state index contributed by atoms with van der Waals surface area (Å²) in [4.78, 5) is 18.2. The van der Waals surface area contributed by atoms with Crippen molar-refractivity contribution < 1.29 is 19.0 Å². The van der Waals surface area contributed by atoms with Gasteiger partial charge >= 0.3 is 6.09 Å². The Morgan fingerprint density at radius 3 is 2.70 bits per heavy atom. The largest absolute Gasteiger partial charge is 0.486 e. The van der Waals surface area contributed by atoms with Gasteiger partial charge in [0.1, 0.15) is 23.3 Å². The summed E-state index contributed by atoms with van der Waals surface area (Å²) < 4.78 is 16.7. The molecule has 2 saturated heterocycles. The normalized spacial score (nSPS) is 21.1. The van der Waals surface area contributed by atoms with Crippen molar-refractivity contribution in [3.63, 3.8) is 0 Å². The van der Waals surface area contributed by atoms with Crippen molar-refractivity contribution in [3.05, 3.63) is 12.3 Å². The van der Waals surface area contributed by atoms with E-state index >= 15 is 0 Å². The molecule has 1 atom stereocenters. The lowest BCUT2D eigenvalue weighted by Gasteiger charge is -2.34. The molecule has 0 unspecified atom stereocenters. The maximum atomic E-state index is 12.2. The van der Waals surface area contributed by atoms with Crippen molar-refractivity contribution in [3.8, 4) is 5.75 Å². The van der Waals surface area contributed by atoms with Crippen molar-refractivity contribution in [2.24, 2.45) is 0 Å². The Kier molecular flexibility index (Phi) is 5.94. The summed E-state index contributed by atoms with van der Waals surface area (Å²) in [6, 6.07) is 2.11. The molecule has 2 aliphatic rings. The molecule has 0 radical (unpaired) electrons. The first kappa shape index (κ1) is 19.5. The second-order valence-corrected chi connectivity index (χ2v) is 8.09. The van der Waals surface area contributed by atoms with E-state index in [0.717, 1.165) is 31.6 Å². The number of aromatic nitrogens is 1. The highest BCUT2D eigenvalue weighted by Gasteiger charge is 2.27. The maximum Gasteiger partial charge on any atom is 0.410 e. The van der Waals surface area contributed by atoms with Gasteiger partial charge in [-0.2, -0.15) is 0 Å². The van der Waals surface area contributed by atoms with E-state index in [-0.39, 0.29) is 18.2 Å². The summed E-state index contributed by atoms with van der Waals surface area (Å²) in [5, 5.41) is 3.44. The van der Waals surface area contributed by atoms with Gasteiger partial charge in [0, 0.05) is 31.6 Å². The van der Waals surface area contributed by atoms with Gasteiger partial charge in [0.05, 0.1) is 25.1 Å². The predicted octanol–water partition coefficient (Wildman–Crippen LogP) is 2.64. The minimum absolute atomic E-state index is 0.0698. The topological polar surface area (TPSA) is 98.9 Å². The van der Waals surface area contributed by atoms with Crippen LogP contribution in [-0.2, 0) is 9.47 Å². The van der Waals surface area contributed by atoms with Gasteiger partial charge in [0.2, 0.25) is 0 Å². The Balaban J connectivity index is 1.53. The second kappa shape index (κ2) is 8.21. The molecule has 2 aliphatic heterocycles. The number of likely N-dealkylation sites (tertiary alicyclic amines) is 1. The van der Waals surface area contributed by atoms with Crippen molar-refractivity contribution >= 4 is 17.6 Å². The standard InChI is InChI=1S/C19H30N4O4/c1-19(2,3)27-18(24)23-7-4-13(5-8-23)22-16-10-15(11-21-17(16)20)26-14-6-9-25-12-14/h10-11,13-14,22H,4-9,12H2,1-3H3,(H2,20,21)/t14-/m1/s1. The zero-order valence-corrected chi connectivity index (χ0v) is 16.4. The molecule has 8 heteroatoms. The molecule has 1 amide bonds. The number of hydrogen-bond acceptors (Lipinski definition) is 7. The van der Waals surface area contributed by atoms with Gasteiger partial charge in [0.15, 0.2) is 0 Å². The first-order valence-electron chi connectivity index (χ1n) is 9.54. The lowest BCUT2D eigenvalue weighted by atomic mass is 10.1. The number of nitrogens with zero attached hydrogens (tertiary/aromatic N) is 2. The third-order valence-corrected chi connectivity index (χ3v) is 4.59. The molecular formula is C19H30N4O4. The van der Waals surface area contributed by atoms with Gasteiger partial charge in [-0.05, 0) is 33.6 Å². The summed E-state index contributed by atoms with van der Waals surface area (Å²) in [6.45, 7) is 8.26. The van der Waals surface area contributed by atoms with E-state index in [0.29, 0.717) is 31.3 Å². The fourth-order valence-corrected chi connectivity index (χ4v) is 3.19. The van der Waals surface area contributed by atoms with Gasteiger partial charge in [-0.1, -0.05) is 0 Å². The third kappa shape index (κ3) is 5.63. The van der Waals surface area contributed by atoms with Crippen molar-refractivity contribution in [2.75, 3.05) is 37.4 Å². The lowest BCUT2D eigenvalue weighted by molar-refractivity contribution is 0.0210. The third-order valence-electron chi connectivity index (χ3n) is 4.59. The van der Waals surface area contributed by atoms with Crippen LogP contribution in [0.4, 0.5) is 16.3 Å². The number of nitrogens with two attached hydrogens (primary N) is 1. The number of anilines is 2. The fourth-order valence-electron chi connectivity index (χ4n) is 3.19. The molecule has 1 aromatic heterocycles. The molecule has 8 nitrogen and oxygen atoms in total. The fraction of sp³-hybridized carbons (Fsp3) is 0.684. The van der Waals surface area contributed by atoms with E-state index in [9.17, 15) is 4.79 Å². The summed E-state index contributed by atoms with van der Waals surface area (Å²) in [6.07, 6.45) is 3.98. The summed E-state index contributed by atoms with van der Waals surface area (Å²) >= 11 is 0. The molecule has 0 aliphatic carbocycles. The van der Waals surface area contributed by atoms with Gasteiger partial charge in [0.25, 0.3) is 0 Å². The monoisotopic (exact) mass is 378 g/mol. The number of amides is 1. The summed E-state index contributed by atoms with van der Waals surface area (Å²) in [7, 11) is 0. The number of rotatable bonds is 4. The quantitative estimate of drug-likeness (QED) is 0.831. The first-order chi connectivity index (χ1) is 12.8. The van der Waals surface area contributed by atoms with Crippen molar-refractivity contribution in [1.29, 1.82) is 0 Å².